The van der Waals surface area contributed by atoms with Crippen LogP contribution in [-0.2, 0) is 9.84 Å². The highest BCUT2D eigenvalue weighted by Gasteiger charge is 2.08. The molecule has 19 heavy (non-hydrogen) atoms. The van der Waals surface area contributed by atoms with E-state index in [1.807, 2.05) is 18.2 Å². The number of hydrogen-bond acceptors (Lipinski definition) is 3. The standard InChI is InChI=1S/C15H17NO2S/c1-11(2)14-5-4-6-15(16-14)12-7-9-13(10-8-12)19(3,17)18/h4-11H,1-3H3. The first kappa shape index (κ1) is 13.7. The normalized spacial score (nSPS) is 11.8. The number of aromatic nitrogens is 1. The Hall–Kier alpha value is -1.68. The molecule has 1 heterocycles. The van der Waals surface area contributed by atoms with Crippen molar-refractivity contribution in [2.45, 2.75) is 24.7 Å². The van der Waals surface area contributed by atoms with Crippen molar-refractivity contribution in [3.8, 4) is 11.3 Å². The van der Waals surface area contributed by atoms with E-state index in [0.717, 1.165) is 17.0 Å². The molecule has 0 radical (unpaired) electrons. The second-order valence-corrected chi connectivity index (χ2v) is 6.91. The van der Waals surface area contributed by atoms with Crippen molar-refractivity contribution in [1.82, 2.24) is 4.98 Å². The molecule has 0 spiro atoms. The molecule has 1 aromatic carbocycles. The van der Waals surface area contributed by atoms with Gasteiger partial charge in [-0.05, 0) is 30.2 Å². The first-order chi connectivity index (χ1) is 8.88. The van der Waals surface area contributed by atoms with Crippen LogP contribution in [0.1, 0.15) is 25.5 Å². The highest BCUT2D eigenvalue weighted by Crippen LogP contribution is 2.21. The Morgan fingerprint density at radius 3 is 2.16 bits per heavy atom. The first-order valence-corrected chi connectivity index (χ1v) is 8.04. The van der Waals surface area contributed by atoms with Crippen molar-refractivity contribution < 1.29 is 8.42 Å². The van der Waals surface area contributed by atoms with Gasteiger partial charge in [-0.1, -0.05) is 32.0 Å². The summed E-state index contributed by atoms with van der Waals surface area (Å²) in [5.41, 5.74) is 2.82. The lowest BCUT2D eigenvalue weighted by Gasteiger charge is -2.07. The third-order valence-corrected chi connectivity index (χ3v) is 4.07. The van der Waals surface area contributed by atoms with Crippen molar-refractivity contribution in [2.24, 2.45) is 0 Å². The summed E-state index contributed by atoms with van der Waals surface area (Å²) in [6.45, 7) is 4.19. The van der Waals surface area contributed by atoms with Gasteiger partial charge in [0.15, 0.2) is 9.84 Å². The summed E-state index contributed by atoms with van der Waals surface area (Å²) >= 11 is 0. The summed E-state index contributed by atoms with van der Waals surface area (Å²) in [5.74, 6) is 0.371. The largest absolute Gasteiger partial charge is 0.253 e. The second kappa shape index (κ2) is 5.13. The van der Waals surface area contributed by atoms with Gasteiger partial charge in [0.2, 0.25) is 0 Å². The van der Waals surface area contributed by atoms with Crippen molar-refractivity contribution in [3.63, 3.8) is 0 Å². The van der Waals surface area contributed by atoms with E-state index in [2.05, 4.69) is 18.8 Å². The number of pyridine rings is 1. The van der Waals surface area contributed by atoms with Crippen LogP contribution in [0, 0.1) is 0 Å². The number of rotatable bonds is 3. The lowest BCUT2D eigenvalue weighted by atomic mass is 10.1. The minimum Gasteiger partial charge on any atom is -0.253 e. The molecule has 0 fully saturated rings. The lowest BCUT2D eigenvalue weighted by Crippen LogP contribution is -1.97. The van der Waals surface area contributed by atoms with E-state index < -0.39 is 9.84 Å². The van der Waals surface area contributed by atoms with Gasteiger partial charge in [-0.3, -0.25) is 4.98 Å². The molecule has 4 heteroatoms. The predicted molar refractivity (Wildman–Crippen MR) is 76.9 cm³/mol. The van der Waals surface area contributed by atoms with Crippen LogP contribution in [0.25, 0.3) is 11.3 Å². The molecule has 0 unspecified atom stereocenters. The summed E-state index contributed by atoms with van der Waals surface area (Å²) in [6, 6.07) is 12.7. The Labute approximate surface area is 114 Å². The van der Waals surface area contributed by atoms with E-state index in [4.69, 9.17) is 0 Å². The van der Waals surface area contributed by atoms with Gasteiger partial charge in [0.1, 0.15) is 0 Å². The zero-order valence-electron chi connectivity index (χ0n) is 11.3. The highest BCUT2D eigenvalue weighted by molar-refractivity contribution is 7.90. The number of hydrogen-bond donors (Lipinski definition) is 0. The minimum absolute atomic E-state index is 0.330. The summed E-state index contributed by atoms with van der Waals surface area (Å²) < 4.78 is 22.8. The second-order valence-electron chi connectivity index (χ2n) is 4.90. The number of sulfone groups is 1. The van der Waals surface area contributed by atoms with Crippen LogP contribution in [0.4, 0.5) is 0 Å². The van der Waals surface area contributed by atoms with Crippen molar-refractivity contribution in [3.05, 3.63) is 48.2 Å². The maximum atomic E-state index is 11.4. The minimum atomic E-state index is -3.14. The van der Waals surface area contributed by atoms with Crippen LogP contribution in [0.5, 0.6) is 0 Å². The zero-order chi connectivity index (χ0) is 14.0. The Bertz CT molecular complexity index is 674. The van der Waals surface area contributed by atoms with Crippen LogP contribution in [0.3, 0.4) is 0 Å². The number of nitrogens with zero attached hydrogens (tertiary/aromatic N) is 1. The molecule has 0 atom stereocenters. The average molecular weight is 275 g/mol. The average Bonchev–Trinajstić information content (AvgIpc) is 2.38. The SMILES string of the molecule is CC(C)c1cccc(-c2ccc(S(C)(=O)=O)cc2)n1. The molecule has 0 bridgehead atoms. The van der Waals surface area contributed by atoms with Gasteiger partial charge >= 0.3 is 0 Å². The summed E-state index contributed by atoms with van der Waals surface area (Å²) in [6.07, 6.45) is 1.21. The van der Waals surface area contributed by atoms with E-state index in [1.165, 1.54) is 6.26 Å². The molecule has 0 aliphatic rings. The Morgan fingerprint density at radius 1 is 1.00 bits per heavy atom. The molecular weight excluding hydrogens is 258 g/mol. The molecule has 0 saturated heterocycles. The van der Waals surface area contributed by atoms with Gasteiger partial charge in [0.25, 0.3) is 0 Å². The Morgan fingerprint density at radius 2 is 1.63 bits per heavy atom. The summed E-state index contributed by atoms with van der Waals surface area (Å²) in [4.78, 5) is 4.91. The number of benzene rings is 1. The van der Waals surface area contributed by atoms with Crippen molar-refractivity contribution in [1.29, 1.82) is 0 Å². The first-order valence-electron chi connectivity index (χ1n) is 6.15. The third kappa shape index (κ3) is 3.20. The molecule has 0 amide bonds. The molecule has 1 aromatic heterocycles. The maximum absolute atomic E-state index is 11.4. The molecule has 0 saturated carbocycles. The zero-order valence-corrected chi connectivity index (χ0v) is 12.1. The van der Waals surface area contributed by atoms with E-state index >= 15 is 0 Å². The van der Waals surface area contributed by atoms with Gasteiger partial charge in [-0.25, -0.2) is 8.42 Å². The Kier molecular flexibility index (Phi) is 3.71. The molecule has 100 valence electrons. The van der Waals surface area contributed by atoms with Gasteiger partial charge in [-0.2, -0.15) is 0 Å². The van der Waals surface area contributed by atoms with E-state index in [1.54, 1.807) is 24.3 Å². The molecular formula is C15H17NO2S. The van der Waals surface area contributed by atoms with Crippen LogP contribution < -0.4 is 0 Å². The fraction of sp³-hybridized carbons (Fsp3) is 0.267. The van der Waals surface area contributed by atoms with E-state index in [0.29, 0.717) is 10.8 Å². The predicted octanol–water partition coefficient (Wildman–Crippen LogP) is 3.28. The summed E-state index contributed by atoms with van der Waals surface area (Å²) in [7, 11) is -3.14. The summed E-state index contributed by atoms with van der Waals surface area (Å²) in [5, 5.41) is 0. The Balaban J connectivity index is 2.40. The van der Waals surface area contributed by atoms with Gasteiger partial charge in [-0.15, -0.1) is 0 Å². The fourth-order valence-electron chi connectivity index (χ4n) is 1.81. The highest BCUT2D eigenvalue weighted by atomic mass is 32.2. The quantitative estimate of drug-likeness (QED) is 0.863. The maximum Gasteiger partial charge on any atom is 0.175 e. The fourth-order valence-corrected chi connectivity index (χ4v) is 2.44. The molecule has 0 aliphatic carbocycles. The van der Waals surface area contributed by atoms with Gasteiger partial charge < -0.3 is 0 Å². The monoisotopic (exact) mass is 275 g/mol. The topological polar surface area (TPSA) is 47.0 Å². The molecule has 2 aromatic rings. The van der Waals surface area contributed by atoms with Crippen LogP contribution >= 0.6 is 0 Å². The lowest BCUT2D eigenvalue weighted by molar-refractivity contribution is 0.602. The molecule has 0 aliphatic heterocycles. The van der Waals surface area contributed by atoms with Gasteiger partial charge in [0.05, 0.1) is 10.6 Å². The van der Waals surface area contributed by atoms with Crippen molar-refractivity contribution in [2.75, 3.05) is 6.26 Å². The van der Waals surface area contributed by atoms with E-state index in [9.17, 15) is 8.42 Å². The van der Waals surface area contributed by atoms with Crippen LogP contribution in [0.15, 0.2) is 47.4 Å². The van der Waals surface area contributed by atoms with Gasteiger partial charge in [0, 0.05) is 17.5 Å². The van der Waals surface area contributed by atoms with Crippen molar-refractivity contribution >= 4 is 9.84 Å². The van der Waals surface area contributed by atoms with E-state index in [-0.39, 0.29) is 0 Å². The molecule has 0 N–H and O–H groups in total. The third-order valence-electron chi connectivity index (χ3n) is 2.94. The molecule has 2 rings (SSSR count). The van der Waals surface area contributed by atoms with Crippen LogP contribution in [-0.4, -0.2) is 19.7 Å². The van der Waals surface area contributed by atoms with Crippen LogP contribution in [0.2, 0.25) is 0 Å². The smallest absolute Gasteiger partial charge is 0.175 e. The molecule has 3 nitrogen and oxygen atoms in total.